The van der Waals surface area contributed by atoms with E-state index in [-0.39, 0.29) is 31.2 Å². The zero-order chi connectivity index (χ0) is 5.58. The summed E-state index contributed by atoms with van der Waals surface area (Å²) in [6.45, 7) is -3.08. The quantitative estimate of drug-likeness (QED) is 0.312. The molecule has 0 atom stereocenters. The molecule has 0 N–H and O–H groups in total. The number of hydrogen-bond acceptors (Lipinski definition) is 0. The molecule has 0 saturated carbocycles. The van der Waals surface area contributed by atoms with Crippen molar-refractivity contribution in [2.45, 2.75) is 0 Å². The summed E-state index contributed by atoms with van der Waals surface area (Å²) in [4.78, 5) is 0. The Bertz CT molecular complexity index is 16.4. The van der Waals surface area contributed by atoms with Gasteiger partial charge in [-0.1, -0.05) is 0 Å². The summed E-state index contributed by atoms with van der Waals surface area (Å²) in [5.74, 6) is 0. The van der Waals surface area contributed by atoms with E-state index < -0.39 is 6.68 Å². The Balaban J connectivity index is -0.0000000480. The van der Waals surface area contributed by atoms with Crippen LogP contribution in [0.5, 0.6) is 0 Å². The Morgan fingerprint density at radius 2 is 1.00 bits per heavy atom. The van der Waals surface area contributed by atoms with Gasteiger partial charge in [0.15, 0.2) is 6.68 Å². The topological polar surface area (TPSA) is 0 Å². The van der Waals surface area contributed by atoms with Crippen molar-refractivity contribution in [3.05, 3.63) is 6.68 Å². The molecule has 0 aromatic carbocycles. The summed E-state index contributed by atoms with van der Waals surface area (Å²) in [5.41, 5.74) is 0. The molecule has 0 spiro atoms. The standard InChI is InChI=1S/CF3.ClH.FH.Zn/c2-1(3)4;;;/h;2*1H;/q-1;;;+2/p-1. The van der Waals surface area contributed by atoms with E-state index in [9.17, 15) is 16.5 Å². The van der Waals surface area contributed by atoms with E-state index in [1.165, 1.54) is 0 Å². The summed E-state index contributed by atoms with van der Waals surface area (Å²) < 4.78 is 38.4. The molecular weight excluding hydrogens is 189 g/mol. The zero-order valence-electron chi connectivity index (χ0n) is 3.13. The molecule has 0 aliphatic heterocycles. The van der Waals surface area contributed by atoms with Crippen molar-refractivity contribution in [1.29, 1.82) is 0 Å². The second kappa shape index (κ2) is 15.9. The van der Waals surface area contributed by atoms with Gasteiger partial charge in [0.25, 0.3) is 0 Å². The van der Waals surface area contributed by atoms with E-state index in [0.717, 1.165) is 0 Å². The predicted octanol–water partition coefficient (Wildman–Crippen LogP) is 2.18. The van der Waals surface area contributed by atoms with Gasteiger partial charge in [-0.25, -0.2) is 0 Å². The molecule has 0 nitrogen and oxygen atoms in total. The van der Waals surface area contributed by atoms with Gasteiger partial charge < -0.3 is 13.2 Å². The zero-order valence-corrected chi connectivity index (χ0v) is 6.91. The van der Waals surface area contributed by atoms with Gasteiger partial charge in [-0.2, -0.15) is 0 Å². The van der Waals surface area contributed by atoms with E-state index in [0.29, 0.717) is 0 Å². The molecule has 0 unspecified atom stereocenters. The number of hydrogen-bond donors (Lipinski definition) is 0. The third kappa shape index (κ3) is 355. The van der Waals surface area contributed by atoms with Crippen molar-refractivity contribution in [2.75, 3.05) is 0 Å². The normalized spacial score (nSPS) is 6.14. The maximum atomic E-state index is 9.62. The first-order chi connectivity index (χ1) is 2.73. The molecule has 7 heavy (non-hydrogen) atoms. The molecular formula is CHClF4Zn. The second-order valence-corrected chi connectivity index (χ2v) is 0.214. The van der Waals surface area contributed by atoms with Crippen molar-refractivity contribution in [3.8, 4) is 0 Å². The fourth-order valence-corrected chi connectivity index (χ4v) is 0. The summed E-state index contributed by atoms with van der Waals surface area (Å²) in [7, 11) is 0. The Hall–Kier alpha value is 0.633. The van der Waals surface area contributed by atoms with Gasteiger partial charge in [0.05, 0.1) is 0 Å². The molecule has 0 bridgehead atoms. The Kier molecular flexibility index (Phi) is 35.6. The van der Waals surface area contributed by atoms with Gasteiger partial charge in [0.1, 0.15) is 0 Å². The van der Waals surface area contributed by atoms with Crippen molar-refractivity contribution >= 4 is 12.4 Å². The van der Waals surface area contributed by atoms with Gasteiger partial charge in [0, 0.05) is 0 Å². The number of halogens is 5. The Labute approximate surface area is 54.9 Å². The van der Waals surface area contributed by atoms with Gasteiger partial charge in [-0.15, -0.1) is 12.4 Å². The molecule has 0 aliphatic rings. The van der Waals surface area contributed by atoms with Gasteiger partial charge in [-0.05, 0) is 0 Å². The molecule has 0 fully saturated rings. The predicted molar refractivity (Wildman–Crippen MR) is 14.9 cm³/mol. The molecule has 42 valence electrons. The first kappa shape index (κ1) is 15.6. The molecule has 0 rings (SSSR count). The first-order valence-electron chi connectivity index (χ1n) is 0.834. The van der Waals surface area contributed by atoms with Crippen LogP contribution < -0.4 is 0 Å². The van der Waals surface area contributed by atoms with Crippen LogP contribution in [0.2, 0.25) is 0 Å². The van der Waals surface area contributed by atoms with Gasteiger partial charge >= 0.3 is 22.1 Å². The fourth-order valence-electron chi connectivity index (χ4n) is 0. The molecule has 0 aromatic rings. The van der Waals surface area contributed by atoms with Crippen LogP contribution in [0.15, 0.2) is 0 Å². The van der Waals surface area contributed by atoms with Gasteiger partial charge in [-0.3, -0.25) is 0 Å². The molecule has 0 aliphatic carbocycles. The fraction of sp³-hybridized carbons (Fsp3) is 0. The van der Waals surface area contributed by atoms with Crippen molar-refractivity contribution in [2.24, 2.45) is 0 Å². The SMILES string of the molecule is Cl.F[C-](F)F.[F][Zn+]. The van der Waals surface area contributed by atoms with Crippen LogP contribution in [-0.4, -0.2) is 0 Å². The van der Waals surface area contributed by atoms with E-state index in [2.05, 4.69) is 0 Å². The van der Waals surface area contributed by atoms with Crippen molar-refractivity contribution in [3.63, 3.8) is 0 Å². The minimum atomic E-state index is -3.08. The van der Waals surface area contributed by atoms with Crippen LogP contribution in [0.1, 0.15) is 0 Å². The third-order valence-corrected chi connectivity index (χ3v) is 0. The van der Waals surface area contributed by atoms with Crippen LogP contribution in [0, 0.1) is 6.68 Å². The van der Waals surface area contributed by atoms with Crippen molar-refractivity contribution in [1.82, 2.24) is 0 Å². The van der Waals surface area contributed by atoms with E-state index in [1.807, 2.05) is 0 Å². The maximum absolute atomic E-state index is 9.62. The van der Waals surface area contributed by atoms with Crippen LogP contribution >= 0.6 is 12.4 Å². The summed E-state index contributed by atoms with van der Waals surface area (Å²) in [6, 6.07) is 0. The summed E-state index contributed by atoms with van der Waals surface area (Å²) in [6.07, 6.45) is 0. The van der Waals surface area contributed by atoms with Crippen LogP contribution in [-0.2, 0) is 18.8 Å². The molecule has 0 saturated heterocycles. The molecule has 0 radical (unpaired) electrons. The van der Waals surface area contributed by atoms with E-state index in [4.69, 9.17) is 0 Å². The second-order valence-electron chi connectivity index (χ2n) is 0.214. The number of rotatable bonds is 0. The third-order valence-electron chi connectivity index (χ3n) is 0. The van der Waals surface area contributed by atoms with Crippen LogP contribution in [0.3, 0.4) is 0 Å². The van der Waals surface area contributed by atoms with Gasteiger partial charge in [0.2, 0.25) is 0 Å². The Morgan fingerprint density at radius 3 is 1.00 bits per heavy atom. The molecule has 0 amide bonds. The van der Waals surface area contributed by atoms with Crippen molar-refractivity contribution < 1.29 is 35.3 Å². The molecule has 0 aromatic heterocycles. The molecule has 6 heteroatoms. The van der Waals surface area contributed by atoms with E-state index in [1.54, 1.807) is 0 Å². The molecule has 0 heterocycles. The van der Waals surface area contributed by atoms with Crippen LogP contribution in [0.4, 0.5) is 16.5 Å². The summed E-state index contributed by atoms with van der Waals surface area (Å²) in [5, 5.41) is 0. The van der Waals surface area contributed by atoms with Crippen LogP contribution in [0.25, 0.3) is 0 Å². The average molecular weight is 190 g/mol. The Morgan fingerprint density at radius 1 is 1.00 bits per heavy atom. The average Bonchev–Trinajstić information content (AvgIpc) is 1.41. The minimum absolute atomic E-state index is 0. The first-order valence-corrected chi connectivity index (χ1v) is 1.96. The van der Waals surface area contributed by atoms with E-state index >= 15 is 0 Å². The monoisotopic (exact) mass is 188 g/mol. The summed E-state index contributed by atoms with van der Waals surface area (Å²) >= 11 is -0.125.